The van der Waals surface area contributed by atoms with Crippen molar-refractivity contribution in [2.75, 3.05) is 5.32 Å². The van der Waals surface area contributed by atoms with Gasteiger partial charge in [-0.25, -0.2) is 0 Å². The predicted molar refractivity (Wildman–Crippen MR) is 125 cm³/mol. The summed E-state index contributed by atoms with van der Waals surface area (Å²) in [6, 6.07) is 26.6. The van der Waals surface area contributed by atoms with Crippen LogP contribution >= 0.6 is 11.3 Å². The Labute approximate surface area is 190 Å². The zero-order chi connectivity index (χ0) is 22.1. The maximum absolute atomic E-state index is 13.5. The molecule has 1 amide bonds. The number of nitrogens with zero attached hydrogens (tertiary/aromatic N) is 3. The number of hydrogen-bond donors (Lipinski definition) is 1. The summed E-state index contributed by atoms with van der Waals surface area (Å²) >= 11 is 1.30. The minimum absolute atomic E-state index is 0.0962. The summed E-state index contributed by atoms with van der Waals surface area (Å²) in [7, 11) is 0. The molecule has 1 aromatic heterocycles. The molecule has 6 heteroatoms. The first-order valence-corrected chi connectivity index (χ1v) is 11.2. The van der Waals surface area contributed by atoms with E-state index in [1.165, 1.54) is 11.3 Å². The van der Waals surface area contributed by atoms with Gasteiger partial charge in [0.05, 0.1) is 17.0 Å². The standard InChI is InChI=1S/C26H20N4OS/c1-26(24(31)29-25-30-28-16-32-25)14-21-8-7-17(15-27)13-22(21)23(26)20-11-9-19(10-12-20)18-5-3-2-4-6-18/h2-13,16,23H,14H2,1H3,(H,29,30,31)/t23-,26+/m1/s1. The average molecular weight is 437 g/mol. The van der Waals surface area contributed by atoms with Crippen molar-refractivity contribution in [2.45, 2.75) is 19.3 Å². The Bertz CT molecular complexity index is 1310. The van der Waals surface area contributed by atoms with E-state index >= 15 is 0 Å². The second-order valence-corrected chi connectivity index (χ2v) is 9.07. The van der Waals surface area contributed by atoms with Crippen LogP contribution in [-0.2, 0) is 11.2 Å². The minimum Gasteiger partial charge on any atom is -0.300 e. The average Bonchev–Trinajstić information content (AvgIpc) is 3.45. The van der Waals surface area contributed by atoms with E-state index in [1.807, 2.05) is 43.3 Å². The Morgan fingerprint density at radius 1 is 1.09 bits per heavy atom. The van der Waals surface area contributed by atoms with Crippen LogP contribution in [0, 0.1) is 16.7 Å². The van der Waals surface area contributed by atoms with Crippen LogP contribution in [0.3, 0.4) is 0 Å². The molecule has 0 fully saturated rings. The largest absolute Gasteiger partial charge is 0.300 e. The van der Waals surface area contributed by atoms with E-state index in [0.29, 0.717) is 17.1 Å². The van der Waals surface area contributed by atoms with E-state index in [9.17, 15) is 10.1 Å². The minimum atomic E-state index is -0.726. The van der Waals surface area contributed by atoms with Gasteiger partial charge in [0.15, 0.2) is 0 Å². The number of rotatable bonds is 4. The summed E-state index contributed by atoms with van der Waals surface area (Å²) in [5, 5.41) is 20.7. The second-order valence-electron chi connectivity index (χ2n) is 8.24. The zero-order valence-corrected chi connectivity index (χ0v) is 18.3. The molecule has 1 aliphatic rings. The maximum atomic E-state index is 13.5. The molecule has 0 aliphatic heterocycles. The quantitative estimate of drug-likeness (QED) is 0.464. The first-order chi connectivity index (χ1) is 15.6. The molecule has 5 nitrogen and oxygen atoms in total. The summed E-state index contributed by atoms with van der Waals surface area (Å²) in [6.45, 7) is 1.99. The lowest BCUT2D eigenvalue weighted by molar-refractivity contribution is -0.125. The van der Waals surface area contributed by atoms with Crippen LogP contribution in [0.1, 0.15) is 35.1 Å². The predicted octanol–water partition coefficient (Wildman–Crippen LogP) is 5.41. The maximum Gasteiger partial charge on any atom is 0.233 e. The Morgan fingerprint density at radius 2 is 1.84 bits per heavy atom. The molecule has 0 saturated heterocycles. The van der Waals surface area contributed by atoms with Crippen molar-refractivity contribution in [2.24, 2.45) is 5.41 Å². The summed E-state index contributed by atoms with van der Waals surface area (Å²) < 4.78 is 0. The monoisotopic (exact) mass is 436 g/mol. The molecule has 0 saturated carbocycles. The van der Waals surface area contributed by atoms with Crippen LogP contribution in [0.5, 0.6) is 0 Å². The highest BCUT2D eigenvalue weighted by Gasteiger charge is 2.49. The van der Waals surface area contributed by atoms with Crippen LogP contribution in [0.4, 0.5) is 5.13 Å². The Hall–Kier alpha value is -3.82. The molecule has 2 atom stereocenters. The van der Waals surface area contributed by atoms with Gasteiger partial charge in [0.25, 0.3) is 0 Å². The third-order valence-corrected chi connectivity index (χ3v) is 6.84. The van der Waals surface area contributed by atoms with Crippen molar-refractivity contribution in [3.63, 3.8) is 0 Å². The van der Waals surface area contributed by atoms with Gasteiger partial charge in [-0.1, -0.05) is 72.0 Å². The van der Waals surface area contributed by atoms with Crippen LogP contribution in [0.25, 0.3) is 11.1 Å². The van der Waals surface area contributed by atoms with Crippen molar-refractivity contribution >= 4 is 22.4 Å². The molecule has 3 aromatic carbocycles. The fraction of sp³-hybridized carbons (Fsp3) is 0.154. The summed E-state index contributed by atoms with van der Waals surface area (Å²) in [5.74, 6) is -0.273. The third kappa shape index (κ3) is 3.47. The van der Waals surface area contributed by atoms with Crippen LogP contribution in [0.15, 0.2) is 78.3 Å². The normalized spacial score (nSPS) is 19.2. The molecule has 1 N–H and O–H groups in total. The van der Waals surface area contributed by atoms with Gasteiger partial charge in [0.1, 0.15) is 5.51 Å². The highest BCUT2D eigenvalue weighted by molar-refractivity contribution is 7.13. The Morgan fingerprint density at radius 3 is 2.53 bits per heavy atom. The lowest BCUT2D eigenvalue weighted by Crippen LogP contribution is -2.37. The van der Waals surface area contributed by atoms with Crippen molar-refractivity contribution < 1.29 is 4.79 Å². The first-order valence-electron chi connectivity index (χ1n) is 10.3. The topological polar surface area (TPSA) is 78.7 Å². The SMILES string of the molecule is C[C@]1(C(=O)Nc2nncs2)Cc2ccc(C#N)cc2[C@H]1c1ccc(-c2ccccc2)cc1. The van der Waals surface area contributed by atoms with Gasteiger partial charge >= 0.3 is 0 Å². The summed E-state index contributed by atoms with van der Waals surface area (Å²) in [6.07, 6.45) is 0.587. The smallest absolute Gasteiger partial charge is 0.233 e. The summed E-state index contributed by atoms with van der Waals surface area (Å²) in [4.78, 5) is 13.5. The van der Waals surface area contributed by atoms with Crippen LogP contribution < -0.4 is 5.32 Å². The zero-order valence-electron chi connectivity index (χ0n) is 17.4. The van der Waals surface area contributed by atoms with Gasteiger partial charge in [-0.3, -0.25) is 4.79 Å². The fourth-order valence-corrected chi connectivity index (χ4v) is 5.10. The number of aromatic nitrogens is 2. The third-order valence-electron chi connectivity index (χ3n) is 6.23. The molecular formula is C26H20N4OS. The second kappa shape index (κ2) is 8.03. The number of carbonyl (C=O) groups excluding carboxylic acids is 1. The molecule has 0 unspecified atom stereocenters. The molecule has 0 bridgehead atoms. The van der Waals surface area contributed by atoms with E-state index in [4.69, 9.17) is 0 Å². The molecule has 4 aromatic rings. The highest BCUT2D eigenvalue weighted by atomic mass is 32.1. The number of anilines is 1. The van der Waals surface area contributed by atoms with Crippen LogP contribution in [0.2, 0.25) is 0 Å². The highest BCUT2D eigenvalue weighted by Crippen LogP contribution is 2.51. The van der Waals surface area contributed by atoms with E-state index in [2.05, 4.69) is 58.0 Å². The van der Waals surface area contributed by atoms with E-state index in [-0.39, 0.29) is 11.8 Å². The number of hydrogen-bond acceptors (Lipinski definition) is 5. The molecule has 0 spiro atoms. The van der Waals surface area contributed by atoms with E-state index in [0.717, 1.165) is 27.8 Å². The molecule has 32 heavy (non-hydrogen) atoms. The van der Waals surface area contributed by atoms with Crippen molar-refractivity contribution in [3.8, 4) is 17.2 Å². The fourth-order valence-electron chi connectivity index (χ4n) is 4.66. The van der Waals surface area contributed by atoms with E-state index in [1.54, 1.807) is 5.51 Å². The van der Waals surface area contributed by atoms with Gasteiger partial charge in [0.2, 0.25) is 11.0 Å². The number of nitriles is 1. The molecular weight excluding hydrogens is 416 g/mol. The lowest BCUT2D eigenvalue weighted by Gasteiger charge is -2.31. The molecule has 156 valence electrons. The number of nitrogens with one attached hydrogen (secondary N) is 1. The number of amides is 1. The Balaban J connectivity index is 1.57. The van der Waals surface area contributed by atoms with Crippen molar-refractivity contribution in [1.82, 2.24) is 10.2 Å². The molecule has 5 rings (SSSR count). The molecule has 1 heterocycles. The van der Waals surface area contributed by atoms with Crippen molar-refractivity contribution in [1.29, 1.82) is 5.26 Å². The van der Waals surface area contributed by atoms with Gasteiger partial charge in [-0.15, -0.1) is 10.2 Å². The molecule has 1 aliphatic carbocycles. The Kier molecular flexibility index (Phi) is 5.04. The van der Waals surface area contributed by atoms with Crippen molar-refractivity contribution in [3.05, 3.63) is 101 Å². The first kappa shape index (κ1) is 20.1. The number of benzene rings is 3. The van der Waals surface area contributed by atoms with Gasteiger partial charge < -0.3 is 5.32 Å². The van der Waals surface area contributed by atoms with Gasteiger partial charge in [0, 0.05) is 5.92 Å². The summed E-state index contributed by atoms with van der Waals surface area (Å²) in [5.41, 5.74) is 6.92. The number of fused-ring (bicyclic) bond motifs is 1. The number of carbonyl (C=O) groups is 1. The van der Waals surface area contributed by atoms with E-state index < -0.39 is 5.41 Å². The van der Waals surface area contributed by atoms with Gasteiger partial charge in [-0.05, 0) is 53.3 Å². The molecule has 0 radical (unpaired) electrons. The van der Waals surface area contributed by atoms with Gasteiger partial charge in [-0.2, -0.15) is 5.26 Å². The van der Waals surface area contributed by atoms with Crippen LogP contribution in [-0.4, -0.2) is 16.1 Å². The lowest BCUT2D eigenvalue weighted by atomic mass is 9.73.